The summed E-state index contributed by atoms with van der Waals surface area (Å²) in [7, 11) is 0. The number of nitrogens with one attached hydrogen (secondary N) is 1. The largest absolute Gasteiger partial charge is 0.368 e. The maximum Gasteiger partial charge on any atom is 0.240 e. The Morgan fingerprint density at radius 1 is 1.35 bits per heavy atom. The normalized spacial score (nSPS) is 11.9. The van der Waals surface area contributed by atoms with Crippen molar-refractivity contribution >= 4 is 11.8 Å². The topological polar surface area (TPSA) is 72.2 Å². The summed E-state index contributed by atoms with van der Waals surface area (Å²) in [5.74, 6) is -0.729. The number of carbonyl (C=O) groups excluding carboxylic acids is 2. The Balaban J connectivity index is 2.61. The SMILES string of the molecule is CC(=O)N[C@@H](CCc1ccccc1C)C(N)=O. The molecule has 3 N–H and O–H groups in total. The first kappa shape index (κ1) is 13.2. The molecule has 0 aliphatic heterocycles. The van der Waals surface area contributed by atoms with Crippen LogP contribution in [0, 0.1) is 6.92 Å². The van der Waals surface area contributed by atoms with E-state index in [1.807, 2.05) is 31.2 Å². The van der Waals surface area contributed by atoms with Crippen LogP contribution in [0.15, 0.2) is 24.3 Å². The summed E-state index contributed by atoms with van der Waals surface area (Å²) in [4.78, 5) is 22.1. The molecule has 0 saturated carbocycles. The molecule has 0 heterocycles. The van der Waals surface area contributed by atoms with Crippen LogP contribution in [0.25, 0.3) is 0 Å². The molecule has 0 unspecified atom stereocenters. The molecule has 0 saturated heterocycles. The fourth-order valence-corrected chi connectivity index (χ4v) is 1.72. The standard InChI is InChI=1S/C13H18N2O2/c1-9-5-3-4-6-11(9)7-8-12(13(14)17)15-10(2)16/h3-6,12H,7-8H2,1-2H3,(H2,14,17)(H,15,16)/t12-/m0/s1. The average Bonchev–Trinajstić information content (AvgIpc) is 2.25. The van der Waals surface area contributed by atoms with Crippen LogP contribution in [-0.2, 0) is 16.0 Å². The molecule has 1 rings (SSSR count). The second kappa shape index (κ2) is 6.03. The van der Waals surface area contributed by atoms with Crippen LogP contribution in [0.2, 0.25) is 0 Å². The Bertz CT molecular complexity index is 416. The molecule has 1 aromatic rings. The number of benzene rings is 1. The van der Waals surface area contributed by atoms with Crippen molar-refractivity contribution in [2.45, 2.75) is 32.7 Å². The molecule has 0 bridgehead atoms. The molecule has 0 aromatic heterocycles. The van der Waals surface area contributed by atoms with Gasteiger partial charge in [-0.05, 0) is 30.9 Å². The van der Waals surface area contributed by atoms with Gasteiger partial charge in [0.15, 0.2) is 0 Å². The zero-order chi connectivity index (χ0) is 12.8. The van der Waals surface area contributed by atoms with Gasteiger partial charge in [-0.25, -0.2) is 0 Å². The van der Waals surface area contributed by atoms with Crippen LogP contribution < -0.4 is 11.1 Å². The predicted molar refractivity (Wildman–Crippen MR) is 66.3 cm³/mol. The maximum absolute atomic E-state index is 11.1. The molecular formula is C13H18N2O2. The van der Waals surface area contributed by atoms with Crippen LogP contribution in [-0.4, -0.2) is 17.9 Å². The van der Waals surface area contributed by atoms with E-state index in [9.17, 15) is 9.59 Å². The third-order valence-electron chi connectivity index (χ3n) is 2.68. The minimum Gasteiger partial charge on any atom is -0.368 e. The molecule has 92 valence electrons. The lowest BCUT2D eigenvalue weighted by atomic mass is 10.0. The van der Waals surface area contributed by atoms with E-state index in [-0.39, 0.29) is 5.91 Å². The monoisotopic (exact) mass is 234 g/mol. The van der Waals surface area contributed by atoms with E-state index in [1.165, 1.54) is 18.1 Å². The van der Waals surface area contributed by atoms with Gasteiger partial charge in [0.1, 0.15) is 6.04 Å². The van der Waals surface area contributed by atoms with Crippen molar-refractivity contribution in [1.29, 1.82) is 0 Å². The van der Waals surface area contributed by atoms with Gasteiger partial charge in [0.05, 0.1) is 0 Å². The summed E-state index contributed by atoms with van der Waals surface area (Å²) in [5.41, 5.74) is 7.58. The lowest BCUT2D eigenvalue weighted by molar-refractivity contribution is -0.126. The van der Waals surface area contributed by atoms with E-state index in [2.05, 4.69) is 5.32 Å². The summed E-state index contributed by atoms with van der Waals surface area (Å²) >= 11 is 0. The van der Waals surface area contributed by atoms with Gasteiger partial charge in [0.2, 0.25) is 11.8 Å². The molecular weight excluding hydrogens is 216 g/mol. The Morgan fingerprint density at radius 3 is 2.53 bits per heavy atom. The quantitative estimate of drug-likeness (QED) is 0.795. The zero-order valence-corrected chi connectivity index (χ0v) is 10.2. The van der Waals surface area contributed by atoms with E-state index in [1.54, 1.807) is 0 Å². The second-order valence-electron chi connectivity index (χ2n) is 4.12. The van der Waals surface area contributed by atoms with Gasteiger partial charge >= 0.3 is 0 Å². The first-order chi connectivity index (χ1) is 8.00. The molecule has 4 nitrogen and oxygen atoms in total. The van der Waals surface area contributed by atoms with E-state index in [0.29, 0.717) is 6.42 Å². The van der Waals surface area contributed by atoms with Crippen molar-refractivity contribution in [1.82, 2.24) is 5.32 Å². The minimum atomic E-state index is -0.591. The molecule has 0 spiro atoms. The fraction of sp³-hybridized carbons (Fsp3) is 0.385. The van der Waals surface area contributed by atoms with Gasteiger partial charge in [-0.1, -0.05) is 24.3 Å². The third-order valence-corrected chi connectivity index (χ3v) is 2.68. The summed E-state index contributed by atoms with van der Waals surface area (Å²) < 4.78 is 0. The molecule has 0 aliphatic rings. The molecule has 17 heavy (non-hydrogen) atoms. The van der Waals surface area contributed by atoms with E-state index < -0.39 is 11.9 Å². The summed E-state index contributed by atoms with van der Waals surface area (Å²) in [6.07, 6.45) is 1.25. The Labute approximate surface area is 101 Å². The molecule has 0 aliphatic carbocycles. The predicted octanol–water partition coefficient (Wildman–Crippen LogP) is 0.918. The van der Waals surface area contributed by atoms with Gasteiger partial charge < -0.3 is 11.1 Å². The van der Waals surface area contributed by atoms with Crippen molar-refractivity contribution in [3.05, 3.63) is 35.4 Å². The van der Waals surface area contributed by atoms with Crippen LogP contribution in [0.3, 0.4) is 0 Å². The minimum absolute atomic E-state index is 0.237. The molecule has 2 amide bonds. The highest BCUT2D eigenvalue weighted by molar-refractivity contribution is 5.85. The van der Waals surface area contributed by atoms with E-state index >= 15 is 0 Å². The number of hydrogen-bond donors (Lipinski definition) is 2. The van der Waals surface area contributed by atoms with Crippen LogP contribution in [0.4, 0.5) is 0 Å². The van der Waals surface area contributed by atoms with Gasteiger partial charge in [0.25, 0.3) is 0 Å². The van der Waals surface area contributed by atoms with Gasteiger partial charge in [-0.15, -0.1) is 0 Å². The van der Waals surface area contributed by atoms with Gasteiger partial charge in [-0.3, -0.25) is 9.59 Å². The highest BCUT2D eigenvalue weighted by Crippen LogP contribution is 2.10. The highest BCUT2D eigenvalue weighted by atomic mass is 16.2. The third kappa shape index (κ3) is 4.26. The number of carbonyl (C=O) groups is 2. The number of rotatable bonds is 5. The van der Waals surface area contributed by atoms with Crippen molar-refractivity contribution in [2.24, 2.45) is 5.73 Å². The molecule has 1 aromatic carbocycles. The first-order valence-corrected chi connectivity index (χ1v) is 5.61. The first-order valence-electron chi connectivity index (χ1n) is 5.61. The number of hydrogen-bond acceptors (Lipinski definition) is 2. The molecule has 4 heteroatoms. The van der Waals surface area contributed by atoms with Crippen LogP contribution in [0.5, 0.6) is 0 Å². The second-order valence-corrected chi connectivity index (χ2v) is 4.12. The Morgan fingerprint density at radius 2 is 2.00 bits per heavy atom. The molecule has 0 fully saturated rings. The molecule has 1 atom stereocenters. The van der Waals surface area contributed by atoms with E-state index in [0.717, 1.165) is 6.42 Å². The summed E-state index contributed by atoms with van der Waals surface area (Å²) in [5, 5.41) is 2.56. The van der Waals surface area contributed by atoms with Gasteiger partial charge in [0, 0.05) is 6.92 Å². The van der Waals surface area contributed by atoms with Crippen molar-refractivity contribution in [3.8, 4) is 0 Å². The summed E-state index contributed by atoms with van der Waals surface area (Å²) in [6.45, 7) is 3.40. The molecule has 0 radical (unpaired) electrons. The number of nitrogens with two attached hydrogens (primary N) is 1. The summed E-state index contributed by atoms with van der Waals surface area (Å²) in [6, 6.07) is 7.37. The van der Waals surface area contributed by atoms with Crippen molar-refractivity contribution in [3.63, 3.8) is 0 Å². The highest BCUT2D eigenvalue weighted by Gasteiger charge is 2.16. The zero-order valence-electron chi connectivity index (χ0n) is 10.2. The van der Waals surface area contributed by atoms with E-state index in [4.69, 9.17) is 5.73 Å². The average molecular weight is 234 g/mol. The van der Waals surface area contributed by atoms with Crippen LogP contribution in [0.1, 0.15) is 24.5 Å². The maximum atomic E-state index is 11.1. The van der Waals surface area contributed by atoms with Crippen molar-refractivity contribution < 1.29 is 9.59 Å². The smallest absolute Gasteiger partial charge is 0.240 e. The number of primary amides is 1. The number of aryl methyl sites for hydroxylation is 2. The lowest BCUT2D eigenvalue weighted by Crippen LogP contribution is -2.43. The van der Waals surface area contributed by atoms with Crippen molar-refractivity contribution in [2.75, 3.05) is 0 Å². The van der Waals surface area contributed by atoms with Gasteiger partial charge in [-0.2, -0.15) is 0 Å². The Hall–Kier alpha value is -1.84. The lowest BCUT2D eigenvalue weighted by Gasteiger charge is -2.14. The number of amides is 2. The van der Waals surface area contributed by atoms with Crippen LogP contribution >= 0.6 is 0 Å². The Kier molecular flexibility index (Phi) is 4.69. The fourth-order valence-electron chi connectivity index (χ4n) is 1.72.